The summed E-state index contributed by atoms with van der Waals surface area (Å²) in [5.41, 5.74) is 3.44. The number of aromatic amines is 1. The van der Waals surface area contributed by atoms with E-state index in [1.54, 1.807) is 19.2 Å². The number of thioether (sulfide) groups is 1. The number of aromatic nitrogens is 2. The maximum Gasteiger partial charge on any atom is 0.253 e. The summed E-state index contributed by atoms with van der Waals surface area (Å²) < 4.78 is 18.8. The fraction of sp³-hybridized carbons (Fsp3) is 0.143. The minimum absolute atomic E-state index is 0.0122. The predicted molar refractivity (Wildman–Crippen MR) is 141 cm³/mol. The molecule has 7 nitrogen and oxygen atoms in total. The first-order valence-corrected chi connectivity index (χ1v) is 12.6. The van der Waals surface area contributed by atoms with Crippen molar-refractivity contribution in [1.82, 2.24) is 15.0 Å². The van der Waals surface area contributed by atoms with Crippen LogP contribution in [0.5, 0.6) is 5.75 Å². The van der Waals surface area contributed by atoms with E-state index in [2.05, 4.69) is 15.1 Å². The van der Waals surface area contributed by atoms with Gasteiger partial charge in [-0.25, -0.2) is 14.4 Å². The largest absolute Gasteiger partial charge is 0.497 e. The summed E-state index contributed by atoms with van der Waals surface area (Å²) in [4.78, 5) is 32.8. The average molecular weight is 515 g/mol. The number of benzene rings is 3. The van der Waals surface area contributed by atoms with Crippen molar-refractivity contribution in [2.45, 2.75) is 17.6 Å². The van der Waals surface area contributed by atoms with Crippen molar-refractivity contribution in [2.24, 2.45) is 5.10 Å². The van der Waals surface area contributed by atoms with Crippen LogP contribution in [-0.2, 0) is 4.79 Å². The third-order valence-electron chi connectivity index (χ3n) is 5.97. The van der Waals surface area contributed by atoms with E-state index in [4.69, 9.17) is 4.74 Å². The molecule has 9 heteroatoms. The van der Waals surface area contributed by atoms with Crippen LogP contribution in [0.15, 0.2) is 100.0 Å². The Morgan fingerprint density at radius 2 is 1.78 bits per heavy atom. The Morgan fingerprint density at radius 3 is 2.49 bits per heavy atom. The van der Waals surface area contributed by atoms with Gasteiger partial charge in [0.15, 0.2) is 5.16 Å². The highest BCUT2D eigenvalue weighted by atomic mass is 32.2. The lowest BCUT2D eigenvalue weighted by atomic mass is 9.98. The molecule has 1 aromatic heterocycles. The highest BCUT2D eigenvalue weighted by Gasteiger charge is 2.33. The van der Waals surface area contributed by atoms with E-state index in [1.807, 2.05) is 54.6 Å². The van der Waals surface area contributed by atoms with Crippen LogP contribution in [-0.4, -0.2) is 39.5 Å². The highest BCUT2D eigenvalue weighted by molar-refractivity contribution is 7.99. The fourth-order valence-corrected chi connectivity index (χ4v) is 4.83. The van der Waals surface area contributed by atoms with Gasteiger partial charge in [-0.2, -0.15) is 5.10 Å². The molecule has 0 saturated carbocycles. The van der Waals surface area contributed by atoms with Gasteiger partial charge in [-0.05, 0) is 47.5 Å². The number of carbonyl (C=O) groups excluding carboxylic acids is 1. The standard InChI is InChI=1S/C28H23FN4O3S/c1-36-22-13-9-19(10-14-22)24-15-25(20-7-11-21(29)12-8-20)33(32-24)27(35)17-37-28-30-23(16-26(34)31-28)18-5-3-2-4-6-18/h2-14,16,25H,15,17H2,1H3,(H,30,31,34). The molecule has 0 aliphatic carbocycles. The zero-order chi connectivity index (χ0) is 25.8. The van der Waals surface area contributed by atoms with Crippen LogP contribution in [0.4, 0.5) is 4.39 Å². The number of hydrazone groups is 1. The molecule has 1 aliphatic heterocycles. The molecule has 1 amide bonds. The van der Waals surface area contributed by atoms with Crippen molar-refractivity contribution < 1.29 is 13.9 Å². The Kier molecular flexibility index (Phi) is 7.14. The van der Waals surface area contributed by atoms with Gasteiger partial charge in [0.05, 0.1) is 30.3 Å². The van der Waals surface area contributed by atoms with Gasteiger partial charge in [0.1, 0.15) is 11.6 Å². The van der Waals surface area contributed by atoms with E-state index in [1.165, 1.54) is 23.2 Å². The zero-order valence-corrected chi connectivity index (χ0v) is 20.7. The number of nitrogens with zero attached hydrogens (tertiary/aromatic N) is 3. The monoisotopic (exact) mass is 514 g/mol. The first-order valence-electron chi connectivity index (χ1n) is 11.6. The Labute approximate surface area is 217 Å². The van der Waals surface area contributed by atoms with Crippen LogP contribution in [0.25, 0.3) is 11.3 Å². The van der Waals surface area contributed by atoms with Crippen molar-refractivity contribution >= 4 is 23.4 Å². The Morgan fingerprint density at radius 1 is 1.05 bits per heavy atom. The number of amides is 1. The van der Waals surface area contributed by atoms with Crippen LogP contribution in [0.1, 0.15) is 23.6 Å². The molecule has 0 spiro atoms. The minimum atomic E-state index is -0.381. The first kappa shape index (κ1) is 24.5. The molecule has 1 N–H and O–H groups in total. The second-order valence-corrected chi connectivity index (χ2v) is 9.34. The second kappa shape index (κ2) is 10.8. The summed E-state index contributed by atoms with van der Waals surface area (Å²) >= 11 is 1.14. The minimum Gasteiger partial charge on any atom is -0.497 e. The van der Waals surface area contributed by atoms with Gasteiger partial charge >= 0.3 is 0 Å². The maximum absolute atomic E-state index is 13.6. The van der Waals surface area contributed by atoms with Crippen LogP contribution in [0.2, 0.25) is 0 Å². The summed E-state index contributed by atoms with van der Waals surface area (Å²) in [6.45, 7) is 0. The number of H-pyrrole nitrogens is 1. The van der Waals surface area contributed by atoms with Gasteiger partial charge in [0.25, 0.3) is 11.5 Å². The summed E-state index contributed by atoms with van der Waals surface area (Å²) in [5.74, 6) is 0.134. The number of carbonyl (C=O) groups is 1. The van der Waals surface area contributed by atoms with E-state index in [9.17, 15) is 14.0 Å². The molecular weight excluding hydrogens is 491 g/mol. The van der Waals surface area contributed by atoms with Gasteiger partial charge < -0.3 is 9.72 Å². The lowest BCUT2D eigenvalue weighted by Gasteiger charge is -2.22. The molecule has 0 radical (unpaired) electrons. The molecule has 4 aromatic rings. The van der Waals surface area contributed by atoms with Crippen molar-refractivity contribution in [1.29, 1.82) is 0 Å². The molecule has 37 heavy (non-hydrogen) atoms. The molecule has 0 bridgehead atoms. The van der Waals surface area contributed by atoms with Crippen LogP contribution >= 0.6 is 11.8 Å². The smallest absolute Gasteiger partial charge is 0.253 e. The van der Waals surface area contributed by atoms with Gasteiger partial charge in [-0.1, -0.05) is 54.2 Å². The van der Waals surface area contributed by atoms with Gasteiger partial charge in [0.2, 0.25) is 0 Å². The van der Waals surface area contributed by atoms with Gasteiger partial charge in [0, 0.05) is 18.1 Å². The van der Waals surface area contributed by atoms with Gasteiger partial charge in [-0.15, -0.1) is 0 Å². The summed E-state index contributed by atoms with van der Waals surface area (Å²) in [6.07, 6.45) is 0.479. The van der Waals surface area contributed by atoms with E-state index in [0.717, 1.165) is 39.9 Å². The predicted octanol–water partition coefficient (Wildman–Crippen LogP) is 5.05. The molecule has 1 aliphatic rings. The number of methoxy groups -OCH3 is 1. The van der Waals surface area contributed by atoms with Crippen molar-refractivity contribution in [3.05, 3.63) is 112 Å². The van der Waals surface area contributed by atoms with E-state index >= 15 is 0 Å². The van der Waals surface area contributed by atoms with E-state index in [-0.39, 0.29) is 29.1 Å². The summed E-state index contributed by atoms with van der Waals surface area (Å²) in [6, 6.07) is 24.0. The Bertz CT molecular complexity index is 1490. The van der Waals surface area contributed by atoms with Crippen molar-refractivity contribution in [3.63, 3.8) is 0 Å². The van der Waals surface area contributed by atoms with Gasteiger partial charge in [-0.3, -0.25) is 9.59 Å². The number of halogens is 1. The van der Waals surface area contributed by atoms with Crippen molar-refractivity contribution in [3.8, 4) is 17.0 Å². The molecular formula is C28H23FN4O3S. The molecule has 186 valence electrons. The normalized spacial score (nSPS) is 14.9. The topological polar surface area (TPSA) is 87.7 Å². The molecule has 3 aromatic carbocycles. The average Bonchev–Trinajstić information content (AvgIpc) is 3.38. The molecule has 0 fully saturated rings. The molecule has 0 saturated heterocycles. The third-order valence-corrected chi connectivity index (χ3v) is 6.82. The van der Waals surface area contributed by atoms with Crippen molar-refractivity contribution in [2.75, 3.05) is 12.9 Å². The Hall–Kier alpha value is -4.24. The number of ether oxygens (including phenoxy) is 1. The number of hydrogen-bond donors (Lipinski definition) is 1. The van der Waals surface area contributed by atoms with Crippen LogP contribution in [0.3, 0.4) is 0 Å². The first-order chi connectivity index (χ1) is 18.0. The third kappa shape index (κ3) is 5.62. The SMILES string of the molecule is COc1ccc(C2=NN(C(=O)CSc3nc(-c4ccccc4)cc(=O)[nH]3)C(c3ccc(F)cc3)C2)cc1. The highest BCUT2D eigenvalue weighted by Crippen LogP contribution is 2.34. The molecule has 1 unspecified atom stereocenters. The molecule has 2 heterocycles. The quantitative estimate of drug-likeness (QED) is 0.275. The summed E-state index contributed by atoms with van der Waals surface area (Å²) in [5, 5.41) is 6.44. The molecule has 1 atom stereocenters. The lowest BCUT2D eigenvalue weighted by molar-refractivity contribution is -0.130. The number of nitrogens with one attached hydrogen (secondary N) is 1. The fourth-order valence-electron chi connectivity index (χ4n) is 4.10. The molecule has 5 rings (SSSR count). The zero-order valence-electron chi connectivity index (χ0n) is 19.9. The van der Waals surface area contributed by atoms with E-state index in [0.29, 0.717) is 17.3 Å². The van der Waals surface area contributed by atoms with Crippen LogP contribution in [0, 0.1) is 5.82 Å². The van der Waals surface area contributed by atoms with E-state index < -0.39 is 0 Å². The number of rotatable bonds is 7. The number of hydrogen-bond acceptors (Lipinski definition) is 6. The summed E-state index contributed by atoms with van der Waals surface area (Å²) in [7, 11) is 1.60. The Balaban J connectivity index is 1.38. The maximum atomic E-state index is 13.6. The lowest BCUT2D eigenvalue weighted by Crippen LogP contribution is -2.28. The van der Waals surface area contributed by atoms with Crippen LogP contribution < -0.4 is 10.3 Å². The second-order valence-electron chi connectivity index (χ2n) is 8.38.